The van der Waals surface area contributed by atoms with Crippen molar-refractivity contribution in [2.24, 2.45) is 4.99 Å². The first-order valence-electron chi connectivity index (χ1n) is 8.47. The van der Waals surface area contributed by atoms with Gasteiger partial charge < -0.3 is 15.4 Å². The zero-order chi connectivity index (χ0) is 16.4. The monoisotopic (exact) mass is 335 g/mol. The van der Waals surface area contributed by atoms with Gasteiger partial charge in [0.1, 0.15) is 0 Å². The van der Waals surface area contributed by atoms with E-state index in [1.54, 1.807) is 0 Å². The summed E-state index contributed by atoms with van der Waals surface area (Å²) in [4.78, 5) is 4.74. The Hall–Kier alpha value is -1.20. The first-order valence-corrected chi connectivity index (χ1v) is 9.69. The number of thioether (sulfide) groups is 1. The molecule has 0 unspecified atom stereocenters. The summed E-state index contributed by atoms with van der Waals surface area (Å²) >= 11 is 1.95. The van der Waals surface area contributed by atoms with E-state index in [1.165, 1.54) is 5.56 Å². The van der Waals surface area contributed by atoms with Crippen LogP contribution in [-0.4, -0.2) is 43.3 Å². The van der Waals surface area contributed by atoms with E-state index in [-0.39, 0.29) is 4.75 Å². The molecule has 0 radical (unpaired) electrons. The topological polar surface area (TPSA) is 45.7 Å². The van der Waals surface area contributed by atoms with Crippen LogP contribution in [0.5, 0.6) is 0 Å². The first-order chi connectivity index (χ1) is 11.3. The molecule has 2 N–H and O–H groups in total. The van der Waals surface area contributed by atoms with Gasteiger partial charge in [-0.1, -0.05) is 37.3 Å². The van der Waals surface area contributed by atoms with Crippen molar-refractivity contribution in [2.75, 3.05) is 32.6 Å². The Morgan fingerprint density at radius 3 is 2.61 bits per heavy atom. The molecule has 0 aromatic heterocycles. The van der Waals surface area contributed by atoms with E-state index in [4.69, 9.17) is 9.73 Å². The van der Waals surface area contributed by atoms with Gasteiger partial charge in [0, 0.05) is 31.1 Å². The van der Waals surface area contributed by atoms with Gasteiger partial charge in [-0.15, -0.1) is 0 Å². The maximum absolute atomic E-state index is 5.52. The number of nitrogens with zero attached hydrogens (tertiary/aromatic N) is 1. The molecule has 1 heterocycles. The molecule has 23 heavy (non-hydrogen) atoms. The molecule has 5 heteroatoms. The lowest BCUT2D eigenvalue weighted by Gasteiger charge is -2.36. The average Bonchev–Trinajstić information content (AvgIpc) is 2.62. The van der Waals surface area contributed by atoms with Crippen LogP contribution in [0.2, 0.25) is 0 Å². The van der Waals surface area contributed by atoms with Gasteiger partial charge >= 0.3 is 0 Å². The predicted octanol–water partition coefficient (Wildman–Crippen LogP) is 3.04. The number of hydrogen-bond acceptors (Lipinski definition) is 3. The van der Waals surface area contributed by atoms with E-state index >= 15 is 0 Å². The van der Waals surface area contributed by atoms with Gasteiger partial charge in [-0.25, -0.2) is 4.99 Å². The number of guanidine groups is 1. The highest BCUT2D eigenvalue weighted by Crippen LogP contribution is 2.32. The minimum Gasteiger partial charge on any atom is -0.381 e. The highest BCUT2D eigenvalue weighted by atomic mass is 32.2. The van der Waals surface area contributed by atoms with Crippen molar-refractivity contribution in [3.05, 3.63) is 35.9 Å². The summed E-state index contributed by atoms with van der Waals surface area (Å²) in [7, 11) is 0. The van der Waals surface area contributed by atoms with E-state index in [0.717, 1.165) is 51.5 Å². The smallest absolute Gasteiger partial charge is 0.191 e. The molecule has 4 nitrogen and oxygen atoms in total. The molecule has 0 atom stereocenters. The van der Waals surface area contributed by atoms with Crippen LogP contribution in [-0.2, 0) is 11.3 Å². The van der Waals surface area contributed by atoms with Crippen molar-refractivity contribution >= 4 is 17.7 Å². The molecule has 1 aliphatic heterocycles. The molecular formula is C18H29N3OS. The molecule has 1 fully saturated rings. The third-order valence-electron chi connectivity index (χ3n) is 4.22. The second kappa shape index (κ2) is 9.83. The van der Waals surface area contributed by atoms with Gasteiger partial charge in [0.15, 0.2) is 5.96 Å². The molecule has 128 valence electrons. The molecule has 0 aliphatic carbocycles. The Labute approximate surface area is 144 Å². The zero-order valence-corrected chi connectivity index (χ0v) is 15.1. The first kappa shape index (κ1) is 18.1. The Morgan fingerprint density at radius 2 is 1.96 bits per heavy atom. The quantitative estimate of drug-likeness (QED) is 0.594. The van der Waals surface area contributed by atoms with Gasteiger partial charge in [0.25, 0.3) is 0 Å². The molecule has 0 bridgehead atoms. The fourth-order valence-electron chi connectivity index (χ4n) is 2.61. The lowest BCUT2D eigenvalue weighted by atomic mass is 9.99. The number of aliphatic imine (C=N–C) groups is 1. The standard InChI is InChI=1S/C18H29N3OS/c1-3-11-19-17(20-14-16-7-5-4-6-8-16)21-15-18(23-2)9-12-22-13-10-18/h4-8H,3,9-15H2,1-2H3,(H2,19,20,21). The molecule has 1 saturated heterocycles. The molecular weight excluding hydrogens is 306 g/mol. The van der Waals surface area contributed by atoms with Crippen LogP contribution >= 0.6 is 11.8 Å². The van der Waals surface area contributed by atoms with E-state index < -0.39 is 0 Å². The Balaban J connectivity index is 1.94. The fourth-order valence-corrected chi connectivity index (χ4v) is 3.40. The largest absolute Gasteiger partial charge is 0.381 e. The van der Waals surface area contributed by atoms with Gasteiger partial charge in [0.05, 0.1) is 6.54 Å². The van der Waals surface area contributed by atoms with Crippen molar-refractivity contribution in [1.82, 2.24) is 10.6 Å². The molecule has 0 spiro atoms. The van der Waals surface area contributed by atoms with Crippen LogP contribution in [0, 0.1) is 0 Å². The SMILES string of the molecule is CCCNC(=NCc1ccccc1)NCC1(SC)CCOCC1. The summed E-state index contributed by atoms with van der Waals surface area (Å²) < 4.78 is 5.78. The van der Waals surface area contributed by atoms with E-state index in [2.05, 4.69) is 48.1 Å². The summed E-state index contributed by atoms with van der Waals surface area (Å²) in [6.07, 6.45) is 5.49. The van der Waals surface area contributed by atoms with Crippen molar-refractivity contribution in [1.29, 1.82) is 0 Å². The molecule has 1 aliphatic rings. The van der Waals surface area contributed by atoms with Gasteiger partial charge in [-0.3, -0.25) is 0 Å². The van der Waals surface area contributed by atoms with Gasteiger partial charge in [-0.05, 0) is 31.1 Å². The maximum atomic E-state index is 5.52. The van der Waals surface area contributed by atoms with Crippen molar-refractivity contribution in [3.63, 3.8) is 0 Å². The minimum atomic E-state index is 0.264. The zero-order valence-electron chi connectivity index (χ0n) is 14.3. The van der Waals surface area contributed by atoms with Crippen LogP contribution in [0.3, 0.4) is 0 Å². The normalized spacial score (nSPS) is 17.7. The van der Waals surface area contributed by atoms with E-state index in [1.807, 2.05) is 17.8 Å². The van der Waals surface area contributed by atoms with Crippen molar-refractivity contribution < 1.29 is 4.74 Å². The predicted molar refractivity (Wildman–Crippen MR) is 100 cm³/mol. The van der Waals surface area contributed by atoms with Crippen LogP contribution in [0.4, 0.5) is 0 Å². The number of hydrogen-bond donors (Lipinski definition) is 2. The van der Waals surface area contributed by atoms with Gasteiger partial charge in [-0.2, -0.15) is 11.8 Å². The molecule has 1 aromatic carbocycles. The third-order valence-corrected chi connectivity index (χ3v) is 5.64. The Kier molecular flexibility index (Phi) is 7.76. The number of ether oxygens (including phenoxy) is 1. The lowest BCUT2D eigenvalue weighted by molar-refractivity contribution is 0.0783. The highest BCUT2D eigenvalue weighted by Gasteiger charge is 2.31. The van der Waals surface area contributed by atoms with E-state index in [0.29, 0.717) is 6.54 Å². The molecule has 0 amide bonds. The van der Waals surface area contributed by atoms with Crippen LogP contribution < -0.4 is 10.6 Å². The van der Waals surface area contributed by atoms with Crippen LogP contribution in [0.25, 0.3) is 0 Å². The summed E-state index contributed by atoms with van der Waals surface area (Å²) in [5.74, 6) is 0.913. The van der Waals surface area contributed by atoms with Crippen molar-refractivity contribution in [3.8, 4) is 0 Å². The Morgan fingerprint density at radius 1 is 1.22 bits per heavy atom. The van der Waals surface area contributed by atoms with Crippen molar-refractivity contribution in [2.45, 2.75) is 37.5 Å². The Bertz CT molecular complexity index is 472. The van der Waals surface area contributed by atoms with Crippen LogP contribution in [0.15, 0.2) is 35.3 Å². The van der Waals surface area contributed by atoms with Gasteiger partial charge in [0.2, 0.25) is 0 Å². The molecule has 1 aromatic rings. The number of rotatable bonds is 7. The van der Waals surface area contributed by atoms with E-state index in [9.17, 15) is 0 Å². The average molecular weight is 336 g/mol. The molecule has 2 rings (SSSR count). The summed E-state index contributed by atoms with van der Waals surface area (Å²) in [6.45, 7) is 6.47. The highest BCUT2D eigenvalue weighted by molar-refractivity contribution is 8.00. The number of nitrogens with one attached hydrogen (secondary N) is 2. The summed E-state index contributed by atoms with van der Waals surface area (Å²) in [6, 6.07) is 10.4. The minimum absolute atomic E-state index is 0.264. The summed E-state index contributed by atoms with van der Waals surface area (Å²) in [5, 5.41) is 6.97. The third kappa shape index (κ3) is 6.07. The number of benzene rings is 1. The molecule has 0 saturated carbocycles. The summed E-state index contributed by atoms with van der Waals surface area (Å²) in [5.41, 5.74) is 1.23. The lowest BCUT2D eigenvalue weighted by Crippen LogP contribution is -2.48. The second-order valence-electron chi connectivity index (χ2n) is 5.93. The maximum Gasteiger partial charge on any atom is 0.191 e. The second-order valence-corrected chi connectivity index (χ2v) is 7.20. The van der Waals surface area contributed by atoms with Crippen LogP contribution in [0.1, 0.15) is 31.7 Å². The fraction of sp³-hybridized carbons (Fsp3) is 0.611.